The van der Waals surface area contributed by atoms with Crippen LogP contribution in [0.3, 0.4) is 0 Å². The molecule has 0 spiro atoms. The second-order valence-corrected chi connectivity index (χ2v) is 6.47. The average Bonchev–Trinajstić information content (AvgIpc) is 3.32. The summed E-state index contributed by atoms with van der Waals surface area (Å²) in [5, 5.41) is 4.18. The molecule has 4 rings (SSSR count). The van der Waals surface area contributed by atoms with Gasteiger partial charge >= 0.3 is 5.69 Å². The Morgan fingerprint density at radius 1 is 1.19 bits per heavy atom. The van der Waals surface area contributed by atoms with Crippen LogP contribution in [0, 0.1) is 0 Å². The molecule has 0 amide bonds. The number of ether oxygens (including phenoxy) is 1. The third-order valence-electron chi connectivity index (χ3n) is 4.77. The number of fused-ring (bicyclic) bond motifs is 1. The number of hydrogen-bond donors (Lipinski definition) is 0. The molecule has 0 unspecified atom stereocenters. The fourth-order valence-corrected chi connectivity index (χ4v) is 3.23. The number of oxime groups is 1. The summed E-state index contributed by atoms with van der Waals surface area (Å²) >= 11 is 0. The molecule has 3 aromatic rings. The Balaban J connectivity index is 1.58. The van der Waals surface area contributed by atoms with Crippen molar-refractivity contribution >= 4 is 16.9 Å². The Morgan fingerprint density at radius 2 is 1.93 bits per heavy atom. The van der Waals surface area contributed by atoms with Crippen LogP contribution in [-0.4, -0.2) is 37.6 Å². The second kappa shape index (κ2) is 6.42. The van der Waals surface area contributed by atoms with Gasteiger partial charge in [-0.1, -0.05) is 5.16 Å². The van der Waals surface area contributed by atoms with Crippen molar-refractivity contribution in [1.82, 2.24) is 18.7 Å². The van der Waals surface area contributed by atoms with E-state index in [9.17, 15) is 9.59 Å². The summed E-state index contributed by atoms with van der Waals surface area (Å²) in [6.07, 6.45) is 1.94. The maximum Gasteiger partial charge on any atom is 0.332 e. The summed E-state index contributed by atoms with van der Waals surface area (Å²) in [6, 6.07) is 7.61. The predicted molar refractivity (Wildman–Crippen MR) is 99.2 cm³/mol. The SMILES string of the molecule is COc1ccc(C2=NO[C@@H](Cn3cnc4c3c(=O)n(C)c(=O)n4C)C2)cc1. The number of imidazole rings is 1. The minimum absolute atomic E-state index is 0.221. The first kappa shape index (κ1) is 17.1. The molecule has 0 fully saturated rings. The lowest BCUT2D eigenvalue weighted by molar-refractivity contribution is 0.0733. The predicted octanol–water partition coefficient (Wildman–Crippen LogP) is 0.635. The number of aryl methyl sites for hydroxylation is 1. The van der Waals surface area contributed by atoms with E-state index in [1.165, 1.54) is 11.6 Å². The minimum atomic E-state index is -0.403. The molecule has 0 saturated carbocycles. The van der Waals surface area contributed by atoms with Gasteiger partial charge in [0.25, 0.3) is 5.56 Å². The van der Waals surface area contributed by atoms with E-state index in [2.05, 4.69) is 10.1 Å². The van der Waals surface area contributed by atoms with Gasteiger partial charge in [0.05, 0.1) is 25.7 Å². The van der Waals surface area contributed by atoms with Gasteiger partial charge in [0, 0.05) is 20.5 Å². The lowest BCUT2D eigenvalue weighted by Gasteiger charge is -2.10. The summed E-state index contributed by atoms with van der Waals surface area (Å²) in [7, 11) is 4.67. The van der Waals surface area contributed by atoms with E-state index >= 15 is 0 Å². The maximum absolute atomic E-state index is 12.5. The van der Waals surface area contributed by atoms with Crippen molar-refractivity contribution in [3.05, 3.63) is 57.0 Å². The van der Waals surface area contributed by atoms with Crippen molar-refractivity contribution in [3.8, 4) is 5.75 Å². The van der Waals surface area contributed by atoms with Crippen molar-refractivity contribution in [2.24, 2.45) is 19.3 Å². The molecule has 1 aliphatic heterocycles. The monoisotopic (exact) mass is 369 g/mol. The Hall–Kier alpha value is -3.36. The Morgan fingerprint density at radius 3 is 2.63 bits per heavy atom. The normalized spacial score (nSPS) is 16.4. The second-order valence-electron chi connectivity index (χ2n) is 6.47. The molecule has 1 aromatic carbocycles. The first-order valence-electron chi connectivity index (χ1n) is 8.47. The van der Waals surface area contributed by atoms with Crippen LogP contribution >= 0.6 is 0 Å². The molecule has 3 heterocycles. The highest BCUT2D eigenvalue weighted by Crippen LogP contribution is 2.21. The quantitative estimate of drug-likeness (QED) is 0.673. The molecule has 9 nitrogen and oxygen atoms in total. The lowest BCUT2D eigenvalue weighted by Crippen LogP contribution is -2.37. The highest BCUT2D eigenvalue weighted by Gasteiger charge is 2.24. The molecular weight excluding hydrogens is 350 g/mol. The molecular formula is C18H19N5O4. The van der Waals surface area contributed by atoms with Gasteiger partial charge < -0.3 is 14.1 Å². The topological polar surface area (TPSA) is 92.6 Å². The largest absolute Gasteiger partial charge is 0.497 e. The average molecular weight is 369 g/mol. The van der Waals surface area contributed by atoms with Crippen LogP contribution in [0.15, 0.2) is 45.3 Å². The van der Waals surface area contributed by atoms with Crippen LogP contribution in [0.2, 0.25) is 0 Å². The standard InChI is InChI=1S/C18H19N5O4/c1-21-16-15(17(24)22(2)18(21)25)23(10-19-16)9-13-8-14(20-27-13)11-4-6-12(26-3)7-5-11/h4-7,10,13H,8-9H2,1-3H3/t13-/m1/s1. The highest BCUT2D eigenvalue weighted by atomic mass is 16.6. The number of methoxy groups -OCH3 is 1. The number of nitrogens with zero attached hydrogens (tertiary/aromatic N) is 5. The van der Waals surface area contributed by atoms with Crippen LogP contribution < -0.4 is 16.0 Å². The molecule has 140 valence electrons. The molecule has 27 heavy (non-hydrogen) atoms. The van der Waals surface area contributed by atoms with Gasteiger partial charge in [-0.2, -0.15) is 0 Å². The Labute approximate surface area is 154 Å². The van der Waals surface area contributed by atoms with E-state index in [-0.39, 0.29) is 11.7 Å². The van der Waals surface area contributed by atoms with Gasteiger partial charge in [-0.3, -0.25) is 13.9 Å². The number of rotatable bonds is 4. The minimum Gasteiger partial charge on any atom is -0.497 e. The Kier molecular flexibility index (Phi) is 4.06. The third-order valence-corrected chi connectivity index (χ3v) is 4.77. The van der Waals surface area contributed by atoms with Crippen LogP contribution in [0.1, 0.15) is 12.0 Å². The van der Waals surface area contributed by atoms with Gasteiger partial charge in [0.15, 0.2) is 17.3 Å². The molecule has 9 heteroatoms. The summed E-state index contributed by atoms with van der Waals surface area (Å²) in [4.78, 5) is 34.3. The van der Waals surface area contributed by atoms with Crippen molar-refractivity contribution < 1.29 is 9.57 Å². The van der Waals surface area contributed by atoms with E-state index in [1.807, 2.05) is 24.3 Å². The van der Waals surface area contributed by atoms with Gasteiger partial charge in [0.1, 0.15) is 5.75 Å². The molecule has 0 radical (unpaired) electrons. The summed E-state index contributed by atoms with van der Waals surface area (Å²) in [6.45, 7) is 0.410. The molecule has 0 aliphatic carbocycles. The molecule has 0 saturated heterocycles. The number of aromatic nitrogens is 4. The fourth-order valence-electron chi connectivity index (χ4n) is 3.23. The first-order valence-corrected chi connectivity index (χ1v) is 8.47. The maximum atomic E-state index is 12.5. The summed E-state index contributed by atoms with van der Waals surface area (Å²) < 4.78 is 9.32. The van der Waals surface area contributed by atoms with Crippen molar-refractivity contribution in [2.75, 3.05) is 7.11 Å². The van der Waals surface area contributed by atoms with Crippen LogP contribution in [-0.2, 0) is 25.5 Å². The molecule has 0 N–H and O–H groups in total. The lowest BCUT2D eigenvalue weighted by atomic mass is 10.0. The summed E-state index contributed by atoms with van der Waals surface area (Å²) in [5.74, 6) is 0.779. The number of benzene rings is 1. The van der Waals surface area contributed by atoms with Crippen molar-refractivity contribution in [3.63, 3.8) is 0 Å². The van der Waals surface area contributed by atoms with Crippen LogP contribution in [0.4, 0.5) is 0 Å². The first-order chi connectivity index (χ1) is 13.0. The van der Waals surface area contributed by atoms with Crippen LogP contribution in [0.25, 0.3) is 11.2 Å². The van der Waals surface area contributed by atoms with E-state index in [4.69, 9.17) is 9.57 Å². The van der Waals surface area contributed by atoms with Crippen LogP contribution in [0.5, 0.6) is 5.75 Å². The van der Waals surface area contributed by atoms with Crippen molar-refractivity contribution in [1.29, 1.82) is 0 Å². The summed E-state index contributed by atoms with van der Waals surface area (Å²) in [5.41, 5.74) is 1.76. The van der Waals surface area contributed by atoms with Gasteiger partial charge in [-0.15, -0.1) is 0 Å². The third kappa shape index (κ3) is 2.80. The van der Waals surface area contributed by atoms with E-state index < -0.39 is 5.69 Å². The van der Waals surface area contributed by atoms with E-state index in [0.717, 1.165) is 21.6 Å². The van der Waals surface area contributed by atoms with Gasteiger partial charge in [0.2, 0.25) is 0 Å². The molecule has 1 atom stereocenters. The van der Waals surface area contributed by atoms with E-state index in [0.29, 0.717) is 24.1 Å². The number of hydrogen-bond acceptors (Lipinski definition) is 6. The van der Waals surface area contributed by atoms with Gasteiger partial charge in [-0.05, 0) is 29.8 Å². The smallest absolute Gasteiger partial charge is 0.332 e. The van der Waals surface area contributed by atoms with Gasteiger partial charge in [-0.25, -0.2) is 9.78 Å². The zero-order chi connectivity index (χ0) is 19.1. The fraction of sp³-hybridized carbons (Fsp3) is 0.333. The molecule has 2 aromatic heterocycles. The van der Waals surface area contributed by atoms with Crippen molar-refractivity contribution in [2.45, 2.75) is 19.1 Å². The highest BCUT2D eigenvalue weighted by molar-refractivity contribution is 6.01. The zero-order valence-corrected chi connectivity index (χ0v) is 15.2. The van der Waals surface area contributed by atoms with E-state index in [1.54, 1.807) is 25.1 Å². The molecule has 1 aliphatic rings. The molecule has 0 bridgehead atoms. The zero-order valence-electron chi connectivity index (χ0n) is 15.2. The Bertz CT molecular complexity index is 1150.